The molecular weight excluding hydrogens is 282 g/mol. The normalized spacial score (nSPS) is 13.8. The predicted octanol–water partition coefficient (Wildman–Crippen LogP) is 1.83. The molecule has 1 aromatic carbocycles. The fourth-order valence-electron chi connectivity index (χ4n) is 2.56. The summed E-state index contributed by atoms with van der Waals surface area (Å²) in [4.78, 5) is 34.2. The number of benzene rings is 1. The van der Waals surface area contributed by atoms with Crippen molar-refractivity contribution in [1.29, 1.82) is 0 Å². The fraction of sp³-hybridized carbons (Fsp3) is 0.353. The van der Waals surface area contributed by atoms with E-state index in [1.807, 2.05) is 12.1 Å². The summed E-state index contributed by atoms with van der Waals surface area (Å²) in [7, 11) is 0. The van der Waals surface area contributed by atoms with Crippen LogP contribution in [0, 0.1) is 0 Å². The first-order valence-electron chi connectivity index (χ1n) is 7.36. The summed E-state index contributed by atoms with van der Waals surface area (Å²) in [5, 5.41) is 2.10. The third-order valence-corrected chi connectivity index (χ3v) is 3.66. The van der Waals surface area contributed by atoms with Gasteiger partial charge in [0, 0.05) is 11.6 Å². The summed E-state index contributed by atoms with van der Waals surface area (Å²) in [6, 6.07) is 5.96. The van der Waals surface area contributed by atoms with Crippen LogP contribution in [0.1, 0.15) is 37.0 Å². The summed E-state index contributed by atoms with van der Waals surface area (Å²) >= 11 is 0. The van der Waals surface area contributed by atoms with E-state index in [-0.39, 0.29) is 18.6 Å². The monoisotopic (exact) mass is 301 g/mol. The van der Waals surface area contributed by atoms with Gasteiger partial charge in [-0.2, -0.15) is 0 Å². The number of imide groups is 1. The Morgan fingerprint density at radius 1 is 1.14 bits per heavy atom. The Bertz CT molecular complexity index is 646. The van der Waals surface area contributed by atoms with Crippen LogP contribution in [0.3, 0.4) is 0 Å². The Hall–Kier alpha value is -2.43. The molecule has 1 aliphatic heterocycles. The summed E-state index contributed by atoms with van der Waals surface area (Å²) < 4.78 is 5.24. The van der Waals surface area contributed by atoms with Gasteiger partial charge in [-0.15, -0.1) is 0 Å². The van der Waals surface area contributed by atoms with Crippen molar-refractivity contribution >= 4 is 17.8 Å². The molecule has 1 aliphatic rings. The van der Waals surface area contributed by atoms with Crippen LogP contribution in [0.4, 0.5) is 0 Å². The molecule has 2 amide bonds. The smallest absolute Gasteiger partial charge is 0.310 e. The number of carbonyl (C=O) groups excluding carboxylic acids is 3. The molecule has 22 heavy (non-hydrogen) atoms. The lowest BCUT2D eigenvalue weighted by Crippen LogP contribution is -2.23. The molecule has 116 valence electrons. The molecule has 0 spiro atoms. The Morgan fingerprint density at radius 2 is 1.86 bits per heavy atom. The first kappa shape index (κ1) is 15.9. The molecule has 0 saturated carbocycles. The summed E-state index contributed by atoms with van der Waals surface area (Å²) in [5.41, 5.74) is 3.58. The molecule has 0 unspecified atom stereocenters. The van der Waals surface area contributed by atoms with Crippen LogP contribution >= 0.6 is 0 Å². The van der Waals surface area contributed by atoms with Crippen molar-refractivity contribution < 1.29 is 19.1 Å². The van der Waals surface area contributed by atoms with Crippen molar-refractivity contribution in [3.63, 3.8) is 0 Å². The van der Waals surface area contributed by atoms with Gasteiger partial charge in [-0.05, 0) is 29.5 Å². The molecule has 0 aromatic heterocycles. The molecule has 1 aromatic rings. The third-order valence-electron chi connectivity index (χ3n) is 3.66. The second kappa shape index (κ2) is 7.02. The highest BCUT2D eigenvalue weighted by Gasteiger charge is 2.23. The van der Waals surface area contributed by atoms with Gasteiger partial charge in [-0.1, -0.05) is 32.0 Å². The number of carbonyl (C=O) groups is 3. The van der Waals surface area contributed by atoms with E-state index < -0.39 is 17.8 Å². The maximum absolute atomic E-state index is 11.8. The Balaban J connectivity index is 1.98. The largest absolute Gasteiger partial charge is 0.461 e. The summed E-state index contributed by atoms with van der Waals surface area (Å²) in [5.74, 6) is -1.53. The zero-order valence-electron chi connectivity index (χ0n) is 12.8. The van der Waals surface area contributed by atoms with E-state index in [2.05, 4.69) is 25.2 Å². The zero-order valence-corrected chi connectivity index (χ0v) is 12.8. The van der Waals surface area contributed by atoms with Gasteiger partial charge in [0.1, 0.15) is 6.61 Å². The van der Waals surface area contributed by atoms with Crippen LogP contribution in [0.5, 0.6) is 0 Å². The number of hydrogen-bond acceptors (Lipinski definition) is 4. The van der Waals surface area contributed by atoms with Crippen LogP contribution in [0.2, 0.25) is 0 Å². The number of ether oxygens (including phenoxy) is 1. The maximum atomic E-state index is 11.8. The van der Waals surface area contributed by atoms with Gasteiger partial charge >= 0.3 is 5.97 Å². The summed E-state index contributed by atoms with van der Waals surface area (Å²) in [6.07, 6.45) is 2.75. The third kappa shape index (κ3) is 3.61. The second-order valence-corrected chi connectivity index (χ2v) is 5.09. The number of rotatable bonds is 6. The Morgan fingerprint density at radius 3 is 2.45 bits per heavy atom. The van der Waals surface area contributed by atoms with Crippen molar-refractivity contribution in [1.82, 2.24) is 5.32 Å². The van der Waals surface area contributed by atoms with Crippen molar-refractivity contribution in [2.45, 2.75) is 39.7 Å². The molecule has 1 heterocycles. The molecule has 0 aliphatic carbocycles. The lowest BCUT2D eigenvalue weighted by atomic mass is 9.97. The van der Waals surface area contributed by atoms with Crippen molar-refractivity contribution in [3.05, 3.63) is 46.5 Å². The molecule has 5 nitrogen and oxygen atoms in total. The van der Waals surface area contributed by atoms with Crippen LogP contribution in [-0.2, 0) is 38.6 Å². The standard InChI is InChI=1S/C17H19NO4/c1-3-11-6-5-7-12(14(11)4-2)10-22-16(20)9-13-8-15(19)18-17(13)21/h5-8H,3-4,9-10H2,1-2H3,(H,18,19,21). The topological polar surface area (TPSA) is 72.5 Å². The molecular formula is C17H19NO4. The molecule has 0 saturated heterocycles. The number of hydrogen-bond donors (Lipinski definition) is 1. The van der Waals surface area contributed by atoms with Crippen LogP contribution in [0.15, 0.2) is 29.8 Å². The van der Waals surface area contributed by atoms with Gasteiger partial charge in [0.15, 0.2) is 0 Å². The minimum absolute atomic E-state index is 0.146. The molecule has 0 atom stereocenters. The average molecular weight is 301 g/mol. The first-order chi connectivity index (χ1) is 10.5. The minimum atomic E-state index is -0.524. The van der Waals surface area contributed by atoms with Gasteiger partial charge in [0.2, 0.25) is 0 Å². The van der Waals surface area contributed by atoms with E-state index in [9.17, 15) is 14.4 Å². The Kier molecular flexibility index (Phi) is 5.09. The number of amides is 2. The lowest BCUT2D eigenvalue weighted by molar-refractivity contribution is -0.144. The maximum Gasteiger partial charge on any atom is 0.310 e. The number of nitrogens with one attached hydrogen (secondary N) is 1. The van der Waals surface area contributed by atoms with Gasteiger partial charge in [-0.25, -0.2) is 0 Å². The summed E-state index contributed by atoms with van der Waals surface area (Å²) in [6.45, 7) is 4.34. The van der Waals surface area contributed by atoms with E-state index in [0.717, 1.165) is 24.5 Å². The Labute approximate surface area is 129 Å². The van der Waals surface area contributed by atoms with E-state index in [0.29, 0.717) is 0 Å². The molecule has 0 bridgehead atoms. The average Bonchev–Trinajstić information content (AvgIpc) is 2.82. The molecule has 0 radical (unpaired) electrons. The van der Waals surface area contributed by atoms with Crippen molar-refractivity contribution in [3.8, 4) is 0 Å². The van der Waals surface area contributed by atoms with E-state index in [4.69, 9.17) is 4.74 Å². The first-order valence-corrected chi connectivity index (χ1v) is 7.36. The molecule has 2 rings (SSSR count). The van der Waals surface area contributed by atoms with Crippen LogP contribution < -0.4 is 5.32 Å². The van der Waals surface area contributed by atoms with E-state index in [1.165, 1.54) is 11.1 Å². The highest BCUT2D eigenvalue weighted by Crippen LogP contribution is 2.18. The zero-order chi connectivity index (χ0) is 16.1. The van der Waals surface area contributed by atoms with E-state index in [1.54, 1.807) is 0 Å². The molecule has 5 heteroatoms. The SMILES string of the molecule is CCc1cccc(COC(=O)CC2=CC(=O)NC2=O)c1CC. The van der Waals surface area contributed by atoms with Crippen LogP contribution in [-0.4, -0.2) is 17.8 Å². The van der Waals surface area contributed by atoms with Gasteiger partial charge in [0.05, 0.1) is 6.42 Å². The lowest BCUT2D eigenvalue weighted by Gasteiger charge is -2.12. The fourth-order valence-corrected chi connectivity index (χ4v) is 2.56. The van der Waals surface area contributed by atoms with Crippen molar-refractivity contribution in [2.24, 2.45) is 0 Å². The van der Waals surface area contributed by atoms with E-state index >= 15 is 0 Å². The van der Waals surface area contributed by atoms with Crippen LogP contribution in [0.25, 0.3) is 0 Å². The predicted molar refractivity (Wildman–Crippen MR) is 80.8 cm³/mol. The van der Waals surface area contributed by atoms with Gasteiger partial charge < -0.3 is 4.74 Å². The minimum Gasteiger partial charge on any atom is -0.461 e. The number of esters is 1. The highest BCUT2D eigenvalue weighted by atomic mass is 16.5. The van der Waals surface area contributed by atoms with Gasteiger partial charge in [0.25, 0.3) is 11.8 Å². The molecule has 1 N–H and O–H groups in total. The van der Waals surface area contributed by atoms with Crippen molar-refractivity contribution in [2.75, 3.05) is 0 Å². The molecule has 0 fully saturated rings. The second-order valence-electron chi connectivity index (χ2n) is 5.09. The quantitative estimate of drug-likeness (QED) is 0.642. The highest BCUT2D eigenvalue weighted by molar-refractivity contribution is 6.17. The van der Waals surface area contributed by atoms with Gasteiger partial charge in [-0.3, -0.25) is 19.7 Å². The number of aryl methyl sites for hydroxylation is 1.